The summed E-state index contributed by atoms with van der Waals surface area (Å²) in [5.74, 6) is 0.970. The first kappa shape index (κ1) is 11.5. The molecule has 1 N–H and O–H groups in total. The lowest BCUT2D eigenvalue weighted by atomic mass is 10.1. The van der Waals surface area contributed by atoms with Crippen molar-refractivity contribution in [3.8, 4) is 0 Å². The molecule has 88 valence electrons. The van der Waals surface area contributed by atoms with Crippen molar-refractivity contribution in [1.29, 1.82) is 0 Å². The van der Waals surface area contributed by atoms with Gasteiger partial charge in [-0.3, -0.25) is 0 Å². The van der Waals surface area contributed by atoms with Crippen LogP contribution >= 0.6 is 0 Å². The zero-order valence-electron chi connectivity index (χ0n) is 10.3. The van der Waals surface area contributed by atoms with Crippen molar-refractivity contribution in [1.82, 2.24) is 20.2 Å². The van der Waals surface area contributed by atoms with Crippen LogP contribution in [0.4, 0.5) is 0 Å². The van der Waals surface area contributed by atoms with Crippen molar-refractivity contribution < 1.29 is 0 Å². The number of piperazine rings is 1. The fourth-order valence-corrected chi connectivity index (χ4v) is 2.19. The topological polar surface area (TPSA) is 41.1 Å². The molecular weight excluding hydrogens is 200 g/mol. The summed E-state index contributed by atoms with van der Waals surface area (Å²) < 4.78 is 0. The van der Waals surface area contributed by atoms with E-state index in [0.717, 1.165) is 43.3 Å². The summed E-state index contributed by atoms with van der Waals surface area (Å²) in [5.41, 5.74) is 2.13. The molecule has 1 atom stereocenters. The Balaban J connectivity index is 2.07. The smallest absolute Gasteiger partial charge is 0.130 e. The molecule has 1 aromatic rings. The molecule has 16 heavy (non-hydrogen) atoms. The van der Waals surface area contributed by atoms with Crippen LogP contribution < -0.4 is 5.32 Å². The van der Waals surface area contributed by atoms with Gasteiger partial charge in [-0.15, -0.1) is 0 Å². The lowest BCUT2D eigenvalue weighted by molar-refractivity contribution is 0.197. The molecule has 0 aromatic carbocycles. The molecule has 1 aromatic heterocycles. The molecule has 4 heteroatoms. The third-order valence-corrected chi connectivity index (χ3v) is 3.09. The highest BCUT2D eigenvalue weighted by Gasteiger charge is 2.19. The van der Waals surface area contributed by atoms with Crippen molar-refractivity contribution in [2.45, 2.75) is 26.3 Å². The quantitative estimate of drug-likeness (QED) is 0.790. The van der Waals surface area contributed by atoms with Gasteiger partial charge in [0, 0.05) is 43.5 Å². The Morgan fingerprint density at radius 3 is 2.69 bits per heavy atom. The predicted octanol–water partition coefficient (Wildman–Crippen LogP) is 0.540. The Kier molecular flexibility index (Phi) is 3.51. The van der Waals surface area contributed by atoms with Gasteiger partial charge in [0.1, 0.15) is 5.82 Å². The number of hydrogen-bond acceptors (Lipinski definition) is 4. The number of aryl methyl sites for hydroxylation is 2. The second kappa shape index (κ2) is 4.89. The van der Waals surface area contributed by atoms with Gasteiger partial charge in [0.2, 0.25) is 0 Å². The molecule has 0 saturated carbocycles. The summed E-state index contributed by atoms with van der Waals surface area (Å²) in [6.07, 6.45) is 0.937. The van der Waals surface area contributed by atoms with Gasteiger partial charge >= 0.3 is 0 Å². The third kappa shape index (κ3) is 2.77. The lowest BCUT2D eigenvalue weighted by Crippen LogP contribution is -2.50. The molecule has 1 saturated heterocycles. The van der Waals surface area contributed by atoms with Crippen LogP contribution in [0.15, 0.2) is 6.07 Å². The first-order valence-corrected chi connectivity index (χ1v) is 5.87. The average Bonchev–Trinajstić information content (AvgIpc) is 2.20. The second-order valence-corrected chi connectivity index (χ2v) is 4.61. The van der Waals surface area contributed by atoms with Crippen LogP contribution in [0.2, 0.25) is 0 Å². The third-order valence-electron chi connectivity index (χ3n) is 3.09. The van der Waals surface area contributed by atoms with E-state index in [1.165, 1.54) is 0 Å². The highest BCUT2D eigenvalue weighted by Crippen LogP contribution is 2.07. The molecule has 1 aliphatic rings. The Morgan fingerprint density at radius 1 is 1.38 bits per heavy atom. The number of nitrogens with zero attached hydrogens (tertiary/aromatic N) is 3. The minimum Gasteiger partial charge on any atom is -0.314 e. The monoisotopic (exact) mass is 220 g/mol. The van der Waals surface area contributed by atoms with Crippen LogP contribution in [-0.4, -0.2) is 47.6 Å². The van der Waals surface area contributed by atoms with E-state index in [1.807, 2.05) is 19.9 Å². The van der Waals surface area contributed by atoms with E-state index < -0.39 is 0 Å². The van der Waals surface area contributed by atoms with E-state index in [9.17, 15) is 0 Å². The highest BCUT2D eigenvalue weighted by atomic mass is 15.2. The molecular formula is C12H20N4. The second-order valence-electron chi connectivity index (χ2n) is 4.61. The van der Waals surface area contributed by atoms with E-state index in [-0.39, 0.29) is 0 Å². The Bertz CT molecular complexity index is 344. The number of rotatable bonds is 2. The number of likely N-dealkylation sites (N-methyl/N-ethyl adjacent to an activating group) is 1. The van der Waals surface area contributed by atoms with Gasteiger partial charge in [-0.2, -0.15) is 0 Å². The van der Waals surface area contributed by atoms with Gasteiger partial charge in [0.15, 0.2) is 0 Å². The van der Waals surface area contributed by atoms with Gasteiger partial charge in [0.05, 0.1) is 0 Å². The molecule has 2 rings (SSSR count). The Hall–Kier alpha value is -1.00. The van der Waals surface area contributed by atoms with Gasteiger partial charge in [0.25, 0.3) is 0 Å². The lowest BCUT2D eigenvalue weighted by Gasteiger charge is -2.32. The van der Waals surface area contributed by atoms with Crippen LogP contribution in [-0.2, 0) is 6.42 Å². The SMILES string of the molecule is Cc1cc(C)nc(CC2CNCCN2C)n1. The standard InChI is InChI=1S/C12H20N4/c1-9-6-10(2)15-12(14-9)7-11-8-13-4-5-16(11)3/h6,11,13H,4-5,7-8H2,1-3H3. The van der Waals surface area contributed by atoms with Gasteiger partial charge in [-0.1, -0.05) is 0 Å². The maximum Gasteiger partial charge on any atom is 0.130 e. The van der Waals surface area contributed by atoms with Gasteiger partial charge < -0.3 is 10.2 Å². The van der Waals surface area contributed by atoms with E-state index in [4.69, 9.17) is 0 Å². The molecule has 0 amide bonds. The first-order chi connectivity index (χ1) is 7.65. The maximum absolute atomic E-state index is 4.50. The highest BCUT2D eigenvalue weighted by molar-refractivity contribution is 5.09. The Morgan fingerprint density at radius 2 is 2.06 bits per heavy atom. The van der Waals surface area contributed by atoms with Crippen molar-refractivity contribution in [3.05, 3.63) is 23.3 Å². The van der Waals surface area contributed by atoms with Crippen molar-refractivity contribution in [2.75, 3.05) is 26.7 Å². The zero-order valence-corrected chi connectivity index (χ0v) is 10.3. The molecule has 0 aliphatic carbocycles. The number of aromatic nitrogens is 2. The Labute approximate surface area is 97.1 Å². The molecule has 1 unspecified atom stereocenters. The fraction of sp³-hybridized carbons (Fsp3) is 0.667. The minimum atomic E-state index is 0.523. The van der Waals surface area contributed by atoms with E-state index in [1.54, 1.807) is 0 Å². The van der Waals surface area contributed by atoms with E-state index in [0.29, 0.717) is 6.04 Å². The van der Waals surface area contributed by atoms with Crippen LogP contribution in [0.3, 0.4) is 0 Å². The molecule has 0 spiro atoms. The predicted molar refractivity (Wildman–Crippen MR) is 64.5 cm³/mol. The van der Waals surface area contributed by atoms with Crippen molar-refractivity contribution in [3.63, 3.8) is 0 Å². The molecule has 1 aliphatic heterocycles. The maximum atomic E-state index is 4.50. The molecule has 2 heterocycles. The van der Waals surface area contributed by atoms with Crippen molar-refractivity contribution in [2.24, 2.45) is 0 Å². The van der Waals surface area contributed by atoms with E-state index in [2.05, 4.69) is 27.2 Å². The number of hydrogen-bond donors (Lipinski definition) is 1. The van der Waals surface area contributed by atoms with Crippen LogP contribution in [0, 0.1) is 13.8 Å². The average molecular weight is 220 g/mol. The minimum absolute atomic E-state index is 0.523. The van der Waals surface area contributed by atoms with Crippen LogP contribution in [0.25, 0.3) is 0 Å². The van der Waals surface area contributed by atoms with Crippen LogP contribution in [0.1, 0.15) is 17.2 Å². The number of nitrogens with one attached hydrogen (secondary N) is 1. The van der Waals surface area contributed by atoms with Gasteiger partial charge in [-0.25, -0.2) is 9.97 Å². The van der Waals surface area contributed by atoms with E-state index >= 15 is 0 Å². The largest absolute Gasteiger partial charge is 0.314 e. The molecule has 1 fully saturated rings. The normalized spacial score (nSPS) is 22.3. The summed E-state index contributed by atoms with van der Waals surface area (Å²) in [5, 5.41) is 3.42. The summed E-state index contributed by atoms with van der Waals surface area (Å²) >= 11 is 0. The van der Waals surface area contributed by atoms with Crippen LogP contribution in [0.5, 0.6) is 0 Å². The summed E-state index contributed by atoms with van der Waals surface area (Å²) in [6, 6.07) is 2.54. The summed E-state index contributed by atoms with van der Waals surface area (Å²) in [4.78, 5) is 11.4. The fourth-order valence-electron chi connectivity index (χ4n) is 2.19. The van der Waals surface area contributed by atoms with Gasteiger partial charge in [-0.05, 0) is 27.0 Å². The summed E-state index contributed by atoms with van der Waals surface area (Å²) in [7, 11) is 2.17. The molecule has 0 radical (unpaired) electrons. The zero-order chi connectivity index (χ0) is 11.5. The summed E-state index contributed by atoms with van der Waals surface area (Å²) in [6.45, 7) is 7.28. The van der Waals surface area contributed by atoms with Crippen molar-refractivity contribution >= 4 is 0 Å². The molecule has 0 bridgehead atoms. The molecule has 4 nitrogen and oxygen atoms in total. The first-order valence-electron chi connectivity index (χ1n) is 5.87.